The summed E-state index contributed by atoms with van der Waals surface area (Å²) in [5.41, 5.74) is 2.94. The Bertz CT molecular complexity index is 980. The van der Waals surface area contributed by atoms with Gasteiger partial charge < -0.3 is 18.9 Å². The fraction of sp³-hybridized carbons (Fsp3) is 0.190. The van der Waals surface area contributed by atoms with Crippen LogP contribution in [0.15, 0.2) is 41.8 Å². The molecule has 1 aliphatic rings. The predicted octanol–water partition coefficient (Wildman–Crippen LogP) is 4.77. The van der Waals surface area contributed by atoms with Gasteiger partial charge in [0, 0.05) is 10.9 Å². The molecule has 2 aromatic carbocycles. The Morgan fingerprint density at radius 3 is 2.56 bits per heavy atom. The topological polar surface area (TPSA) is 49.8 Å². The van der Waals surface area contributed by atoms with Gasteiger partial charge in [0.05, 0.1) is 19.9 Å². The number of ether oxygens (including phenoxy) is 4. The summed E-state index contributed by atoms with van der Waals surface area (Å²) in [7, 11) is 3.26. The van der Waals surface area contributed by atoms with Crippen molar-refractivity contribution < 1.29 is 18.9 Å². The second kappa shape index (κ2) is 7.72. The maximum atomic E-state index is 5.62. The molecule has 0 radical (unpaired) electrons. The zero-order valence-electron chi connectivity index (χ0n) is 15.1. The molecule has 5 nitrogen and oxygen atoms in total. The third-order valence-electron chi connectivity index (χ3n) is 4.19. The Morgan fingerprint density at radius 1 is 0.926 bits per heavy atom. The number of hydrogen-bond donors (Lipinski definition) is 0. The first-order valence-corrected chi connectivity index (χ1v) is 9.40. The molecule has 1 aliphatic heterocycles. The smallest absolute Gasteiger partial charge is 0.161 e. The molecule has 3 aromatic rings. The third kappa shape index (κ3) is 3.75. The molecule has 0 saturated heterocycles. The van der Waals surface area contributed by atoms with E-state index in [1.807, 2.05) is 53.9 Å². The van der Waals surface area contributed by atoms with Crippen molar-refractivity contribution >= 4 is 23.5 Å². The van der Waals surface area contributed by atoms with Crippen LogP contribution in [0.3, 0.4) is 0 Å². The van der Waals surface area contributed by atoms with E-state index in [1.165, 1.54) is 0 Å². The molecule has 0 saturated carbocycles. The van der Waals surface area contributed by atoms with E-state index >= 15 is 0 Å². The number of thiazole rings is 1. The number of nitrogens with zero attached hydrogens (tertiary/aromatic N) is 1. The van der Waals surface area contributed by atoms with Gasteiger partial charge in [0.1, 0.15) is 18.2 Å². The number of rotatable bonds is 5. The molecule has 0 atom stereocenters. The van der Waals surface area contributed by atoms with E-state index < -0.39 is 0 Å². The molecule has 0 amide bonds. The zero-order valence-corrected chi connectivity index (χ0v) is 15.9. The van der Waals surface area contributed by atoms with Crippen molar-refractivity contribution in [1.29, 1.82) is 0 Å². The summed E-state index contributed by atoms with van der Waals surface area (Å²) >= 11 is 1.59. The lowest BCUT2D eigenvalue weighted by atomic mass is 10.1. The Morgan fingerprint density at radius 2 is 1.74 bits per heavy atom. The minimum absolute atomic E-state index is 0.585. The van der Waals surface area contributed by atoms with Gasteiger partial charge in [-0.25, -0.2) is 4.98 Å². The molecule has 0 N–H and O–H groups in total. The second-order valence-electron chi connectivity index (χ2n) is 5.88. The van der Waals surface area contributed by atoms with Crippen LogP contribution in [0.4, 0.5) is 0 Å². The monoisotopic (exact) mass is 381 g/mol. The molecule has 0 unspecified atom stereocenters. The van der Waals surface area contributed by atoms with Crippen molar-refractivity contribution in [3.63, 3.8) is 0 Å². The molecular weight excluding hydrogens is 362 g/mol. The number of aromatic nitrogens is 1. The molecule has 138 valence electrons. The van der Waals surface area contributed by atoms with Crippen molar-refractivity contribution in [2.24, 2.45) is 0 Å². The van der Waals surface area contributed by atoms with E-state index in [9.17, 15) is 0 Å². The summed E-state index contributed by atoms with van der Waals surface area (Å²) in [6, 6.07) is 11.7. The normalized spacial score (nSPS) is 13.0. The van der Waals surface area contributed by atoms with Gasteiger partial charge >= 0.3 is 0 Å². The molecule has 0 spiro atoms. The van der Waals surface area contributed by atoms with Gasteiger partial charge in [-0.2, -0.15) is 0 Å². The largest absolute Gasteiger partial charge is 0.493 e. The summed E-state index contributed by atoms with van der Waals surface area (Å²) < 4.78 is 21.8. The van der Waals surface area contributed by atoms with Gasteiger partial charge in [-0.15, -0.1) is 11.3 Å². The standard InChI is InChI=1S/C21H19NO4S/c1-23-17-7-5-15(12-19(17)24-2)16-13-27-21(22-16)8-4-14-3-6-18-20(11-14)26-10-9-25-18/h3-8,11-13H,9-10H2,1-2H3/b8-4+. The maximum Gasteiger partial charge on any atom is 0.161 e. The van der Waals surface area contributed by atoms with Crippen LogP contribution in [0.5, 0.6) is 23.0 Å². The molecular formula is C21H19NO4S. The highest BCUT2D eigenvalue weighted by Gasteiger charge is 2.11. The second-order valence-corrected chi connectivity index (χ2v) is 6.77. The van der Waals surface area contributed by atoms with Crippen molar-refractivity contribution in [2.45, 2.75) is 0 Å². The first-order valence-electron chi connectivity index (χ1n) is 8.52. The van der Waals surface area contributed by atoms with Crippen molar-refractivity contribution in [3.05, 3.63) is 52.3 Å². The van der Waals surface area contributed by atoms with Crippen LogP contribution in [-0.4, -0.2) is 32.4 Å². The molecule has 1 aromatic heterocycles. The lowest BCUT2D eigenvalue weighted by Crippen LogP contribution is -2.15. The lowest BCUT2D eigenvalue weighted by Gasteiger charge is -2.18. The van der Waals surface area contributed by atoms with Gasteiger partial charge in [-0.3, -0.25) is 0 Å². The van der Waals surface area contributed by atoms with E-state index in [4.69, 9.17) is 23.9 Å². The first-order chi connectivity index (χ1) is 13.3. The predicted molar refractivity (Wildman–Crippen MR) is 107 cm³/mol. The minimum Gasteiger partial charge on any atom is -0.493 e. The summed E-state index contributed by atoms with van der Waals surface area (Å²) in [6.07, 6.45) is 4.02. The van der Waals surface area contributed by atoms with Crippen molar-refractivity contribution in [1.82, 2.24) is 4.98 Å². The van der Waals surface area contributed by atoms with E-state index in [2.05, 4.69) is 0 Å². The molecule has 2 heterocycles. The number of methoxy groups -OCH3 is 2. The molecule has 0 bridgehead atoms. The Labute approximate surface area is 161 Å². The van der Waals surface area contributed by atoms with Gasteiger partial charge in [0.2, 0.25) is 0 Å². The molecule has 0 fully saturated rings. The van der Waals surface area contributed by atoms with Crippen molar-refractivity contribution in [3.8, 4) is 34.3 Å². The van der Waals surface area contributed by atoms with E-state index in [1.54, 1.807) is 25.6 Å². The average Bonchev–Trinajstić information content (AvgIpc) is 3.20. The SMILES string of the molecule is COc1ccc(-c2csc(/C=C/c3ccc4c(c3)OCCO4)n2)cc1OC. The summed E-state index contributed by atoms with van der Waals surface area (Å²) in [6.45, 7) is 1.18. The fourth-order valence-corrected chi connectivity index (χ4v) is 3.54. The van der Waals surface area contributed by atoms with Crippen LogP contribution >= 0.6 is 11.3 Å². The van der Waals surface area contributed by atoms with Crippen LogP contribution in [0, 0.1) is 0 Å². The summed E-state index contributed by atoms with van der Waals surface area (Å²) in [4.78, 5) is 4.69. The average molecular weight is 381 g/mol. The molecule has 0 aliphatic carbocycles. The highest BCUT2D eigenvalue weighted by Crippen LogP contribution is 2.34. The Kier molecular flexibility index (Phi) is 4.98. The first kappa shape index (κ1) is 17.4. The molecule has 4 rings (SSSR count). The number of hydrogen-bond acceptors (Lipinski definition) is 6. The van der Waals surface area contributed by atoms with Gasteiger partial charge in [0.15, 0.2) is 23.0 Å². The molecule has 27 heavy (non-hydrogen) atoms. The number of fused-ring (bicyclic) bond motifs is 1. The maximum absolute atomic E-state index is 5.62. The van der Waals surface area contributed by atoms with Crippen molar-refractivity contribution in [2.75, 3.05) is 27.4 Å². The van der Waals surface area contributed by atoms with E-state index in [0.717, 1.165) is 33.3 Å². The van der Waals surface area contributed by atoms with Crippen LogP contribution in [0.1, 0.15) is 10.6 Å². The fourth-order valence-electron chi connectivity index (χ4n) is 2.82. The number of benzene rings is 2. The minimum atomic E-state index is 0.585. The zero-order chi connectivity index (χ0) is 18.6. The summed E-state index contributed by atoms with van der Waals surface area (Å²) in [5.74, 6) is 2.98. The van der Waals surface area contributed by atoms with Crippen LogP contribution < -0.4 is 18.9 Å². The van der Waals surface area contributed by atoms with Gasteiger partial charge in [-0.1, -0.05) is 12.1 Å². The third-order valence-corrected chi connectivity index (χ3v) is 5.00. The molecule has 6 heteroatoms. The van der Waals surface area contributed by atoms with Gasteiger partial charge in [0.25, 0.3) is 0 Å². The highest BCUT2D eigenvalue weighted by molar-refractivity contribution is 7.10. The van der Waals surface area contributed by atoms with Crippen LogP contribution in [-0.2, 0) is 0 Å². The van der Waals surface area contributed by atoms with Crippen LogP contribution in [0.2, 0.25) is 0 Å². The Balaban J connectivity index is 1.54. The lowest BCUT2D eigenvalue weighted by molar-refractivity contribution is 0.171. The van der Waals surface area contributed by atoms with E-state index in [0.29, 0.717) is 24.7 Å². The van der Waals surface area contributed by atoms with Crippen LogP contribution in [0.25, 0.3) is 23.4 Å². The highest BCUT2D eigenvalue weighted by atomic mass is 32.1. The summed E-state index contributed by atoms with van der Waals surface area (Å²) in [5, 5.41) is 2.96. The Hall–Kier alpha value is -2.99. The van der Waals surface area contributed by atoms with E-state index in [-0.39, 0.29) is 0 Å². The quantitative estimate of drug-likeness (QED) is 0.637. The van der Waals surface area contributed by atoms with Gasteiger partial charge in [-0.05, 0) is 42.0 Å².